The van der Waals surface area contributed by atoms with E-state index in [0.717, 1.165) is 24.3 Å². The SMILES string of the molecule is CCC(C)NC(=O)CCNC(C)Cc1ccc(OC)c(OC)c1. The van der Waals surface area contributed by atoms with Crippen molar-refractivity contribution in [2.45, 2.75) is 52.1 Å². The van der Waals surface area contributed by atoms with Crippen LogP contribution in [0.15, 0.2) is 18.2 Å². The topological polar surface area (TPSA) is 59.6 Å². The number of ether oxygens (including phenoxy) is 2. The lowest BCUT2D eigenvalue weighted by molar-refractivity contribution is -0.121. The first kappa shape index (κ1) is 19.3. The van der Waals surface area contributed by atoms with Crippen LogP contribution in [0.2, 0.25) is 0 Å². The van der Waals surface area contributed by atoms with E-state index in [1.807, 2.05) is 25.1 Å². The molecule has 1 aromatic carbocycles. The molecule has 0 bridgehead atoms. The van der Waals surface area contributed by atoms with E-state index >= 15 is 0 Å². The molecule has 1 amide bonds. The van der Waals surface area contributed by atoms with Crippen LogP contribution in [0.3, 0.4) is 0 Å². The monoisotopic (exact) mass is 322 g/mol. The molecular weight excluding hydrogens is 292 g/mol. The quantitative estimate of drug-likeness (QED) is 0.695. The van der Waals surface area contributed by atoms with Gasteiger partial charge in [-0.1, -0.05) is 13.0 Å². The van der Waals surface area contributed by atoms with Gasteiger partial charge in [-0.15, -0.1) is 0 Å². The maximum Gasteiger partial charge on any atom is 0.221 e. The van der Waals surface area contributed by atoms with Gasteiger partial charge in [0.1, 0.15) is 0 Å². The summed E-state index contributed by atoms with van der Waals surface area (Å²) < 4.78 is 10.6. The van der Waals surface area contributed by atoms with E-state index in [1.54, 1.807) is 14.2 Å². The Bertz CT molecular complexity index is 491. The second-order valence-electron chi connectivity index (χ2n) is 5.88. The van der Waals surface area contributed by atoms with Gasteiger partial charge in [0, 0.05) is 25.0 Å². The number of amides is 1. The van der Waals surface area contributed by atoms with Crippen molar-refractivity contribution in [2.75, 3.05) is 20.8 Å². The number of benzene rings is 1. The van der Waals surface area contributed by atoms with Crippen LogP contribution in [0.1, 0.15) is 39.2 Å². The molecule has 0 aliphatic rings. The molecule has 0 aromatic heterocycles. The molecule has 130 valence electrons. The number of nitrogens with one attached hydrogen (secondary N) is 2. The third-order valence-electron chi connectivity index (χ3n) is 3.85. The van der Waals surface area contributed by atoms with E-state index in [1.165, 1.54) is 5.56 Å². The molecule has 2 atom stereocenters. The minimum absolute atomic E-state index is 0.102. The highest BCUT2D eigenvalue weighted by atomic mass is 16.5. The summed E-state index contributed by atoms with van der Waals surface area (Å²) in [5, 5.41) is 6.36. The van der Waals surface area contributed by atoms with Crippen molar-refractivity contribution in [2.24, 2.45) is 0 Å². The molecule has 5 nitrogen and oxygen atoms in total. The maximum atomic E-state index is 11.7. The average molecular weight is 322 g/mol. The van der Waals surface area contributed by atoms with Crippen molar-refractivity contribution < 1.29 is 14.3 Å². The summed E-state index contributed by atoms with van der Waals surface area (Å²) in [7, 11) is 3.27. The van der Waals surface area contributed by atoms with Gasteiger partial charge in [0.2, 0.25) is 5.91 Å². The molecule has 1 rings (SSSR count). The van der Waals surface area contributed by atoms with Crippen LogP contribution in [-0.2, 0) is 11.2 Å². The first-order chi connectivity index (χ1) is 11.0. The maximum absolute atomic E-state index is 11.7. The Morgan fingerprint density at radius 1 is 1.13 bits per heavy atom. The van der Waals surface area contributed by atoms with Crippen molar-refractivity contribution in [3.05, 3.63) is 23.8 Å². The second-order valence-corrected chi connectivity index (χ2v) is 5.88. The van der Waals surface area contributed by atoms with E-state index < -0.39 is 0 Å². The smallest absolute Gasteiger partial charge is 0.221 e. The average Bonchev–Trinajstić information content (AvgIpc) is 2.54. The molecule has 0 aliphatic heterocycles. The van der Waals surface area contributed by atoms with Crippen LogP contribution in [0.25, 0.3) is 0 Å². The van der Waals surface area contributed by atoms with Crippen LogP contribution in [0.5, 0.6) is 11.5 Å². The third kappa shape index (κ3) is 6.91. The Balaban J connectivity index is 2.39. The fourth-order valence-corrected chi connectivity index (χ4v) is 2.31. The number of hydrogen-bond acceptors (Lipinski definition) is 4. The molecule has 0 fully saturated rings. The highest BCUT2D eigenvalue weighted by Crippen LogP contribution is 2.27. The molecule has 1 aromatic rings. The van der Waals surface area contributed by atoms with Gasteiger partial charge < -0.3 is 20.1 Å². The minimum atomic E-state index is 0.102. The van der Waals surface area contributed by atoms with Gasteiger partial charge >= 0.3 is 0 Å². The van der Waals surface area contributed by atoms with Gasteiger partial charge in [0.25, 0.3) is 0 Å². The lowest BCUT2D eigenvalue weighted by Crippen LogP contribution is -2.36. The Morgan fingerprint density at radius 2 is 1.83 bits per heavy atom. The highest BCUT2D eigenvalue weighted by molar-refractivity contribution is 5.76. The predicted molar refractivity (Wildman–Crippen MR) is 93.2 cm³/mol. The minimum Gasteiger partial charge on any atom is -0.493 e. The van der Waals surface area contributed by atoms with Gasteiger partial charge in [0.15, 0.2) is 11.5 Å². The molecule has 0 radical (unpaired) electrons. The van der Waals surface area contributed by atoms with E-state index in [0.29, 0.717) is 13.0 Å². The van der Waals surface area contributed by atoms with Gasteiger partial charge in [-0.3, -0.25) is 4.79 Å². The summed E-state index contributed by atoms with van der Waals surface area (Å²) in [5.41, 5.74) is 1.17. The number of hydrogen-bond donors (Lipinski definition) is 2. The molecule has 0 saturated carbocycles. The Kier molecular flexibility index (Phi) is 8.48. The molecule has 23 heavy (non-hydrogen) atoms. The van der Waals surface area contributed by atoms with Gasteiger partial charge in [-0.05, 0) is 44.4 Å². The lowest BCUT2D eigenvalue weighted by atomic mass is 10.1. The van der Waals surface area contributed by atoms with Gasteiger partial charge in [-0.25, -0.2) is 0 Å². The summed E-state index contributed by atoms with van der Waals surface area (Å²) >= 11 is 0. The number of methoxy groups -OCH3 is 2. The lowest BCUT2D eigenvalue weighted by Gasteiger charge is -2.16. The number of carbonyl (C=O) groups is 1. The zero-order valence-electron chi connectivity index (χ0n) is 14.9. The van der Waals surface area contributed by atoms with Crippen molar-refractivity contribution >= 4 is 5.91 Å². The van der Waals surface area contributed by atoms with Crippen molar-refractivity contribution in [3.63, 3.8) is 0 Å². The summed E-state index contributed by atoms with van der Waals surface area (Å²) in [4.78, 5) is 11.7. The molecule has 0 spiro atoms. The summed E-state index contributed by atoms with van der Waals surface area (Å²) in [5.74, 6) is 1.58. The van der Waals surface area contributed by atoms with E-state index in [2.05, 4.69) is 24.5 Å². The standard InChI is InChI=1S/C18H30N2O3/c1-6-13(2)20-18(21)9-10-19-14(3)11-15-7-8-16(22-4)17(12-15)23-5/h7-8,12-14,19H,6,9-11H2,1-5H3,(H,20,21). The molecule has 2 N–H and O–H groups in total. The first-order valence-electron chi connectivity index (χ1n) is 8.23. The van der Waals surface area contributed by atoms with Crippen molar-refractivity contribution in [1.82, 2.24) is 10.6 Å². The van der Waals surface area contributed by atoms with Gasteiger partial charge in [-0.2, -0.15) is 0 Å². The van der Waals surface area contributed by atoms with E-state index in [9.17, 15) is 4.79 Å². The number of carbonyl (C=O) groups excluding carboxylic acids is 1. The van der Waals surface area contributed by atoms with E-state index in [-0.39, 0.29) is 18.0 Å². The molecular formula is C18H30N2O3. The van der Waals surface area contributed by atoms with Crippen LogP contribution in [0.4, 0.5) is 0 Å². The fourth-order valence-electron chi connectivity index (χ4n) is 2.31. The molecule has 2 unspecified atom stereocenters. The molecule has 0 saturated heterocycles. The number of rotatable bonds is 10. The van der Waals surface area contributed by atoms with Crippen molar-refractivity contribution in [3.8, 4) is 11.5 Å². The zero-order valence-corrected chi connectivity index (χ0v) is 14.9. The summed E-state index contributed by atoms with van der Waals surface area (Å²) in [6.45, 7) is 6.87. The predicted octanol–water partition coefficient (Wildman–Crippen LogP) is 2.53. The van der Waals surface area contributed by atoms with Crippen LogP contribution in [-0.4, -0.2) is 38.8 Å². The van der Waals surface area contributed by atoms with Crippen LogP contribution in [0, 0.1) is 0 Å². The highest BCUT2D eigenvalue weighted by Gasteiger charge is 2.09. The van der Waals surface area contributed by atoms with E-state index in [4.69, 9.17) is 9.47 Å². The molecule has 0 aliphatic carbocycles. The van der Waals surface area contributed by atoms with Crippen LogP contribution >= 0.6 is 0 Å². The normalized spacial score (nSPS) is 13.3. The first-order valence-corrected chi connectivity index (χ1v) is 8.23. The summed E-state index contributed by atoms with van der Waals surface area (Å²) in [6.07, 6.45) is 2.32. The second kappa shape index (κ2) is 10.1. The van der Waals surface area contributed by atoms with Crippen molar-refractivity contribution in [1.29, 1.82) is 0 Å². The Morgan fingerprint density at radius 3 is 2.43 bits per heavy atom. The van der Waals surface area contributed by atoms with Crippen LogP contribution < -0.4 is 20.1 Å². The summed E-state index contributed by atoms with van der Waals surface area (Å²) in [6, 6.07) is 6.47. The van der Waals surface area contributed by atoms with Gasteiger partial charge in [0.05, 0.1) is 14.2 Å². The molecule has 5 heteroatoms. The largest absolute Gasteiger partial charge is 0.493 e. The Hall–Kier alpha value is -1.75. The Labute approximate surface area is 139 Å². The zero-order chi connectivity index (χ0) is 17.2. The molecule has 0 heterocycles. The third-order valence-corrected chi connectivity index (χ3v) is 3.85. The fraction of sp³-hybridized carbons (Fsp3) is 0.611.